The van der Waals surface area contributed by atoms with Crippen molar-refractivity contribution in [2.45, 2.75) is 102 Å². The Bertz CT molecular complexity index is 1810. The van der Waals surface area contributed by atoms with E-state index in [0.29, 0.717) is 64.8 Å². The smallest absolute Gasteiger partial charge is 0.245 e. The van der Waals surface area contributed by atoms with E-state index < -0.39 is 47.9 Å². The van der Waals surface area contributed by atoms with Gasteiger partial charge in [-0.2, -0.15) is 0 Å². The number of hydrogen-bond acceptors (Lipinski definition) is 7. The lowest BCUT2D eigenvalue weighted by molar-refractivity contribution is -0.368. The maximum atomic E-state index is 14.1. The molecule has 3 aromatic rings. The molecule has 10 N–H and O–H groups in total. The van der Waals surface area contributed by atoms with E-state index in [-0.39, 0.29) is 29.6 Å². The van der Waals surface area contributed by atoms with Crippen LogP contribution >= 0.6 is 0 Å². The van der Waals surface area contributed by atoms with Crippen molar-refractivity contribution in [2.24, 2.45) is 22.8 Å². The Morgan fingerprint density at radius 2 is 1.08 bits per heavy atom. The molecule has 5 unspecified atom stereocenters. The van der Waals surface area contributed by atoms with E-state index >= 15 is 0 Å². The summed E-state index contributed by atoms with van der Waals surface area (Å²) in [6.45, 7) is 6.94. The quantitative estimate of drug-likeness (QED) is 0.0932. The molecule has 0 aromatic heterocycles. The van der Waals surface area contributed by atoms with Gasteiger partial charge >= 0.3 is 0 Å². The molecule has 1 spiro atoms. The first-order chi connectivity index (χ1) is 28.4. The van der Waals surface area contributed by atoms with E-state index in [2.05, 4.69) is 21.7 Å². The molecule has 59 heavy (non-hydrogen) atoms. The Balaban J connectivity index is 1.20. The van der Waals surface area contributed by atoms with Crippen LogP contribution in [0.5, 0.6) is 0 Å². The highest BCUT2D eigenvalue weighted by atomic mass is 16.2. The number of rotatable bonds is 20. The van der Waals surface area contributed by atoms with Gasteiger partial charge in [-0.1, -0.05) is 105 Å². The molecule has 5 amide bonds. The third-order valence-corrected chi connectivity index (χ3v) is 11.6. The van der Waals surface area contributed by atoms with Gasteiger partial charge < -0.3 is 43.0 Å². The first-order valence-corrected chi connectivity index (χ1v) is 21.3. The molecule has 13 heteroatoms. The lowest BCUT2D eigenvalue weighted by Crippen LogP contribution is -2.66. The molecule has 0 bridgehead atoms. The number of nitrogens with one attached hydrogen (secondary N) is 3. The summed E-state index contributed by atoms with van der Waals surface area (Å²) >= 11 is 0. The fraction of sp³-hybridized carbons (Fsp3) is 0.500. The minimum absolute atomic E-state index is 0.0358. The Kier molecular flexibility index (Phi) is 16.6. The number of amides is 5. The van der Waals surface area contributed by atoms with Gasteiger partial charge in [0.25, 0.3) is 0 Å². The van der Waals surface area contributed by atoms with Gasteiger partial charge in [-0.05, 0) is 74.0 Å². The molecule has 2 saturated heterocycles. The van der Waals surface area contributed by atoms with Gasteiger partial charge in [0.2, 0.25) is 29.5 Å². The summed E-state index contributed by atoms with van der Waals surface area (Å²) in [5.41, 5.74) is 19.3. The second-order valence-electron chi connectivity index (χ2n) is 17.0. The predicted molar refractivity (Wildman–Crippen MR) is 228 cm³/mol. The number of quaternary nitrogens is 1. The third kappa shape index (κ3) is 13.2. The fourth-order valence-electron chi connectivity index (χ4n) is 8.18. The summed E-state index contributed by atoms with van der Waals surface area (Å²) in [5, 5.41) is 8.80. The van der Waals surface area contributed by atoms with Crippen LogP contribution in [0.15, 0.2) is 91.0 Å². The number of carbonyl (C=O) groups excluding carboxylic acids is 5. The molecule has 0 saturated carbocycles. The van der Waals surface area contributed by atoms with Crippen LogP contribution in [0.4, 0.5) is 0 Å². The number of hydrogen-bond donors (Lipinski definition) is 6. The van der Waals surface area contributed by atoms with Crippen LogP contribution in [0.2, 0.25) is 0 Å². The topological polar surface area (TPSA) is 208 Å². The van der Waals surface area contributed by atoms with Crippen LogP contribution in [0.1, 0.15) is 69.1 Å². The monoisotopic (exact) mass is 810 g/mol. The maximum absolute atomic E-state index is 14.1. The number of carbonyl (C=O) groups is 5. The van der Waals surface area contributed by atoms with Crippen molar-refractivity contribution in [3.63, 3.8) is 0 Å². The summed E-state index contributed by atoms with van der Waals surface area (Å²) in [7, 11) is 0. The molecule has 2 heterocycles. The molecular formula is C46H65N8O5+. The maximum Gasteiger partial charge on any atom is 0.245 e. The van der Waals surface area contributed by atoms with E-state index in [4.69, 9.17) is 11.5 Å². The molecule has 0 radical (unpaired) electrons. The molecule has 318 valence electrons. The zero-order chi connectivity index (χ0) is 42.4. The van der Waals surface area contributed by atoms with Gasteiger partial charge in [0.1, 0.15) is 18.1 Å². The molecule has 5 rings (SSSR count). The van der Waals surface area contributed by atoms with Gasteiger partial charge in [0.15, 0.2) is 0 Å². The van der Waals surface area contributed by atoms with E-state index in [0.717, 1.165) is 36.0 Å². The summed E-state index contributed by atoms with van der Waals surface area (Å²) in [6, 6.07) is 24.4. The summed E-state index contributed by atoms with van der Waals surface area (Å²) in [4.78, 5) is 72.5. The van der Waals surface area contributed by atoms with Crippen LogP contribution in [-0.2, 0) is 43.2 Å². The zero-order valence-electron chi connectivity index (χ0n) is 34.8. The van der Waals surface area contributed by atoms with Crippen LogP contribution in [0, 0.1) is 11.3 Å². The van der Waals surface area contributed by atoms with E-state index in [9.17, 15) is 24.0 Å². The Morgan fingerprint density at radius 3 is 1.61 bits per heavy atom. The Morgan fingerprint density at radius 1 is 0.610 bits per heavy atom. The van der Waals surface area contributed by atoms with Crippen LogP contribution in [0.25, 0.3) is 0 Å². The van der Waals surface area contributed by atoms with Crippen molar-refractivity contribution in [3.8, 4) is 0 Å². The van der Waals surface area contributed by atoms with Gasteiger partial charge in [-0.3, -0.25) is 24.0 Å². The van der Waals surface area contributed by atoms with E-state index in [1.54, 1.807) is 0 Å². The number of likely N-dealkylation sites (tertiary alicyclic amines) is 2. The second-order valence-corrected chi connectivity index (χ2v) is 17.0. The molecule has 2 aliphatic rings. The first kappa shape index (κ1) is 45.0. The normalized spacial score (nSPS) is 17.3. The lowest BCUT2D eigenvalue weighted by Gasteiger charge is -2.54. The minimum atomic E-state index is -0.998. The highest BCUT2D eigenvalue weighted by Gasteiger charge is 2.48. The van der Waals surface area contributed by atoms with Gasteiger partial charge in [-0.15, -0.1) is 0 Å². The van der Waals surface area contributed by atoms with Gasteiger partial charge in [-0.25, -0.2) is 0 Å². The molecule has 2 fully saturated rings. The zero-order valence-corrected chi connectivity index (χ0v) is 34.8. The van der Waals surface area contributed by atoms with Gasteiger partial charge in [0.05, 0.1) is 18.6 Å². The molecule has 2 aliphatic heterocycles. The van der Waals surface area contributed by atoms with Crippen molar-refractivity contribution < 1.29 is 29.7 Å². The van der Waals surface area contributed by atoms with Crippen LogP contribution in [0.3, 0.4) is 0 Å². The van der Waals surface area contributed by atoms with Gasteiger partial charge in [0, 0.05) is 38.0 Å². The average molecular weight is 810 g/mol. The van der Waals surface area contributed by atoms with Crippen molar-refractivity contribution in [3.05, 3.63) is 108 Å². The summed E-state index contributed by atoms with van der Waals surface area (Å²) in [6.07, 6.45) is 4.82. The summed E-state index contributed by atoms with van der Waals surface area (Å²) in [5.74, 6) is -1.58. The standard InChI is InChI=1S/C46H64N8O5/c1-32(2)26-39(52-43(57)40(29-35-18-10-5-11-19-35)51-41(55)36(48)27-33-14-6-3-7-15-33)42(56)50-38(20-12-13-23-47)45(59)54-30-46(31-54)21-24-53(25-22-46)44(58)37(49)28-34-16-8-4-9-17-34/h3-11,14-19,32,36-40H,12-13,20-31,47-49H2,1-2H3,(H,50,56)(H,51,55)(H,52,57)/p+1. The first-order valence-electron chi connectivity index (χ1n) is 21.3. The largest absolute Gasteiger partial charge is 0.358 e. The number of unbranched alkanes of at least 4 members (excludes halogenated alkanes) is 1. The van der Waals surface area contributed by atoms with E-state index in [1.165, 1.54) is 0 Å². The summed E-state index contributed by atoms with van der Waals surface area (Å²) < 4.78 is 0. The van der Waals surface area contributed by atoms with Crippen molar-refractivity contribution in [1.82, 2.24) is 25.8 Å². The SMILES string of the molecule is CC(C)CC(NC(=O)C(Cc1ccccc1)NC(=O)C(N)Cc1ccccc1)C(=O)NC(CCCC[NH3+])C(=O)N1CC2(CCN(C(=O)C(N)Cc3ccccc3)CC2)C1. The fourth-order valence-corrected chi connectivity index (χ4v) is 8.18. The lowest BCUT2D eigenvalue weighted by atomic mass is 9.71. The number of nitrogens with two attached hydrogens (primary N) is 2. The Hall–Kier alpha value is -5.11. The van der Waals surface area contributed by atoms with Crippen molar-refractivity contribution >= 4 is 29.5 Å². The van der Waals surface area contributed by atoms with Crippen LogP contribution in [-0.4, -0.2) is 102 Å². The average Bonchev–Trinajstić information content (AvgIpc) is 3.22. The van der Waals surface area contributed by atoms with Crippen LogP contribution < -0.4 is 33.2 Å². The molecule has 13 nitrogen and oxygen atoms in total. The number of benzene rings is 3. The Labute approximate surface area is 349 Å². The third-order valence-electron chi connectivity index (χ3n) is 11.6. The highest BCUT2D eigenvalue weighted by molar-refractivity contribution is 5.95. The highest BCUT2D eigenvalue weighted by Crippen LogP contribution is 2.41. The van der Waals surface area contributed by atoms with E-state index in [1.807, 2.05) is 115 Å². The second kappa shape index (κ2) is 21.8. The number of nitrogens with zero attached hydrogens (tertiary/aromatic N) is 2. The molecule has 5 atom stereocenters. The number of piperidine rings is 1. The molecular weight excluding hydrogens is 745 g/mol. The predicted octanol–water partition coefficient (Wildman–Crippen LogP) is 1.73. The molecule has 3 aromatic carbocycles. The van der Waals surface area contributed by atoms with Crippen molar-refractivity contribution in [2.75, 3.05) is 32.7 Å². The minimum Gasteiger partial charge on any atom is -0.358 e. The molecule has 0 aliphatic carbocycles. The van der Waals surface area contributed by atoms with Crippen molar-refractivity contribution in [1.29, 1.82) is 0 Å².